The molecular formula is C11H21NO4S. The minimum absolute atomic E-state index is 0.0129. The Balaban J connectivity index is 1.74. The van der Waals surface area contributed by atoms with Crippen LogP contribution in [0.2, 0.25) is 0 Å². The molecule has 2 fully saturated rings. The standard InChI is InChI=1S/C11H21NO4S/c1-17(13,14)7-6-15-10-8-11(16-9-10)2-4-12-5-3-11/h10,12H,2-9H2,1H3. The molecule has 6 heteroatoms. The highest BCUT2D eigenvalue weighted by Gasteiger charge is 2.41. The Morgan fingerprint density at radius 3 is 2.76 bits per heavy atom. The number of sulfone groups is 1. The minimum Gasteiger partial charge on any atom is -0.375 e. The second-order valence-electron chi connectivity index (χ2n) is 5.07. The lowest BCUT2D eigenvalue weighted by atomic mass is 9.89. The third-order valence-corrected chi connectivity index (χ3v) is 4.41. The van der Waals surface area contributed by atoms with Crippen molar-refractivity contribution in [3.63, 3.8) is 0 Å². The van der Waals surface area contributed by atoms with Crippen LogP contribution in [0.3, 0.4) is 0 Å². The summed E-state index contributed by atoms with van der Waals surface area (Å²) in [5.74, 6) is 0.0953. The van der Waals surface area contributed by atoms with Crippen LogP contribution < -0.4 is 5.32 Å². The van der Waals surface area contributed by atoms with Gasteiger partial charge in [0.05, 0.1) is 30.7 Å². The molecule has 0 saturated carbocycles. The summed E-state index contributed by atoms with van der Waals surface area (Å²) in [6, 6.07) is 0. The minimum atomic E-state index is -2.93. The normalized spacial score (nSPS) is 28.6. The molecule has 17 heavy (non-hydrogen) atoms. The lowest BCUT2D eigenvalue weighted by molar-refractivity contribution is -0.0228. The zero-order valence-electron chi connectivity index (χ0n) is 10.3. The molecule has 2 aliphatic rings. The monoisotopic (exact) mass is 263 g/mol. The van der Waals surface area contributed by atoms with E-state index in [1.807, 2.05) is 0 Å². The summed E-state index contributed by atoms with van der Waals surface area (Å²) < 4.78 is 33.4. The maximum absolute atomic E-state index is 11.0. The van der Waals surface area contributed by atoms with Gasteiger partial charge in [-0.05, 0) is 25.9 Å². The smallest absolute Gasteiger partial charge is 0.149 e. The molecule has 2 saturated heterocycles. The van der Waals surface area contributed by atoms with Crippen molar-refractivity contribution in [2.75, 3.05) is 38.3 Å². The summed E-state index contributed by atoms with van der Waals surface area (Å²) in [7, 11) is -2.93. The van der Waals surface area contributed by atoms with Gasteiger partial charge in [0, 0.05) is 12.7 Å². The lowest BCUT2D eigenvalue weighted by Gasteiger charge is -2.32. The third kappa shape index (κ3) is 3.91. The summed E-state index contributed by atoms with van der Waals surface area (Å²) in [5, 5.41) is 3.31. The van der Waals surface area contributed by atoms with Crippen molar-refractivity contribution in [1.82, 2.24) is 5.32 Å². The predicted molar refractivity (Wildman–Crippen MR) is 64.9 cm³/mol. The van der Waals surface area contributed by atoms with E-state index in [0.29, 0.717) is 6.61 Å². The second kappa shape index (κ2) is 5.22. The van der Waals surface area contributed by atoms with Crippen molar-refractivity contribution >= 4 is 9.84 Å². The molecule has 0 aromatic heterocycles. The molecule has 0 amide bonds. The fraction of sp³-hybridized carbons (Fsp3) is 1.00. The SMILES string of the molecule is CS(=O)(=O)CCOC1COC2(CCNCC2)C1. The Kier molecular flexibility index (Phi) is 4.07. The Labute approximate surface area is 103 Å². The molecular weight excluding hydrogens is 242 g/mol. The van der Waals surface area contributed by atoms with Crippen LogP contribution in [0.15, 0.2) is 0 Å². The molecule has 5 nitrogen and oxygen atoms in total. The van der Waals surface area contributed by atoms with Crippen molar-refractivity contribution in [3.8, 4) is 0 Å². The number of hydrogen-bond acceptors (Lipinski definition) is 5. The zero-order chi connectivity index (χ0) is 12.4. The average Bonchev–Trinajstić information content (AvgIpc) is 2.61. The molecule has 0 aromatic carbocycles. The molecule has 1 N–H and O–H groups in total. The topological polar surface area (TPSA) is 64.6 Å². The molecule has 2 heterocycles. The Bertz CT molecular complexity index is 348. The van der Waals surface area contributed by atoms with E-state index >= 15 is 0 Å². The fourth-order valence-corrected chi connectivity index (χ4v) is 2.91. The molecule has 1 unspecified atom stereocenters. The van der Waals surface area contributed by atoms with Crippen molar-refractivity contribution in [2.24, 2.45) is 0 Å². The maximum Gasteiger partial charge on any atom is 0.149 e. The molecule has 1 atom stereocenters. The van der Waals surface area contributed by atoms with E-state index in [4.69, 9.17) is 9.47 Å². The van der Waals surface area contributed by atoms with Crippen LogP contribution in [0, 0.1) is 0 Å². The van der Waals surface area contributed by atoms with E-state index in [-0.39, 0.29) is 24.1 Å². The quantitative estimate of drug-likeness (QED) is 0.771. The maximum atomic E-state index is 11.0. The highest BCUT2D eigenvalue weighted by molar-refractivity contribution is 7.90. The van der Waals surface area contributed by atoms with Crippen LogP contribution >= 0.6 is 0 Å². The first-order valence-electron chi connectivity index (χ1n) is 6.13. The fourth-order valence-electron chi connectivity index (χ4n) is 2.51. The first kappa shape index (κ1) is 13.3. The van der Waals surface area contributed by atoms with Crippen LogP contribution in [0.1, 0.15) is 19.3 Å². The first-order chi connectivity index (χ1) is 7.99. The third-order valence-electron chi connectivity index (χ3n) is 3.50. The molecule has 0 aromatic rings. The number of ether oxygens (including phenoxy) is 2. The highest BCUT2D eigenvalue weighted by atomic mass is 32.2. The van der Waals surface area contributed by atoms with Gasteiger partial charge in [-0.1, -0.05) is 0 Å². The van der Waals surface area contributed by atoms with E-state index in [2.05, 4.69) is 5.32 Å². The van der Waals surface area contributed by atoms with Crippen LogP contribution in [0.4, 0.5) is 0 Å². The molecule has 1 spiro atoms. The van der Waals surface area contributed by atoms with Crippen molar-refractivity contribution < 1.29 is 17.9 Å². The molecule has 2 aliphatic heterocycles. The Morgan fingerprint density at radius 2 is 2.12 bits per heavy atom. The first-order valence-corrected chi connectivity index (χ1v) is 8.19. The number of nitrogens with one attached hydrogen (secondary N) is 1. The predicted octanol–water partition coefficient (Wildman–Crippen LogP) is -0.0413. The summed E-state index contributed by atoms with van der Waals surface area (Å²) >= 11 is 0. The van der Waals surface area contributed by atoms with Crippen LogP contribution in [0.25, 0.3) is 0 Å². The molecule has 0 radical (unpaired) electrons. The summed E-state index contributed by atoms with van der Waals surface area (Å²) in [6.07, 6.45) is 4.25. The van der Waals surface area contributed by atoms with E-state index in [9.17, 15) is 8.42 Å². The number of hydrogen-bond donors (Lipinski definition) is 1. The van der Waals surface area contributed by atoms with E-state index in [1.165, 1.54) is 6.26 Å². The van der Waals surface area contributed by atoms with Gasteiger partial charge in [-0.15, -0.1) is 0 Å². The van der Waals surface area contributed by atoms with E-state index < -0.39 is 9.84 Å². The van der Waals surface area contributed by atoms with Crippen molar-refractivity contribution in [2.45, 2.75) is 31.0 Å². The van der Waals surface area contributed by atoms with Crippen LogP contribution in [0.5, 0.6) is 0 Å². The largest absolute Gasteiger partial charge is 0.375 e. The van der Waals surface area contributed by atoms with Crippen LogP contribution in [-0.2, 0) is 19.3 Å². The van der Waals surface area contributed by atoms with E-state index in [0.717, 1.165) is 32.4 Å². The number of rotatable bonds is 4. The van der Waals surface area contributed by atoms with Gasteiger partial charge in [-0.3, -0.25) is 0 Å². The molecule has 100 valence electrons. The van der Waals surface area contributed by atoms with Gasteiger partial charge in [0.25, 0.3) is 0 Å². The van der Waals surface area contributed by atoms with Gasteiger partial charge in [-0.2, -0.15) is 0 Å². The average molecular weight is 263 g/mol. The van der Waals surface area contributed by atoms with Gasteiger partial charge in [0.1, 0.15) is 9.84 Å². The highest BCUT2D eigenvalue weighted by Crippen LogP contribution is 2.35. The zero-order valence-corrected chi connectivity index (χ0v) is 11.1. The van der Waals surface area contributed by atoms with Gasteiger partial charge in [-0.25, -0.2) is 8.42 Å². The molecule has 2 rings (SSSR count). The lowest BCUT2D eigenvalue weighted by Crippen LogP contribution is -2.41. The van der Waals surface area contributed by atoms with E-state index in [1.54, 1.807) is 0 Å². The van der Waals surface area contributed by atoms with Crippen molar-refractivity contribution in [3.05, 3.63) is 0 Å². The molecule has 0 bridgehead atoms. The summed E-state index contributed by atoms with van der Waals surface area (Å²) in [5.41, 5.74) is -0.0129. The second-order valence-corrected chi connectivity index (χ2v) is 7.33. The molecule has 0 aliphatic carbocycles. The summed E-state index contributed by atoms with van der Waals surface area (Å²) in [6.45, 7) is 2.87. The Morgan fingerprint density at radius 1 is 1.41 bits per heavy atom. The van der Waals surface area contributed by atoms with Gasteiger partial charge in [0.2, 0.25) is 0 Å². The van der Waals surface area contributed by atoms with Crippen LogP contribution in [-0.4, -0.2) is 58.4 Å². The van der Waals surface area contributed by atoms with Crippen molar-refractivity contribution in [1.29, 1.82) is 0 Å². The van der Waals surface area contributed by atoms with Gasteiger partial charge < -0.3 is 14.8 Å². The Hall–Kier alpha value is -0.170. The van der Waals surface area contributed by atoms with Gasteiger partial charge in [0.15, 0.2) is 0 Å². The number of piperidine rings is 1. The van der Waals surface area contributed by atoms with Gasteiger partial charge >= 0.3 is 0 Å². The summed E-state index contributed by atoms with van der Waals surface area (Å²) in [4.78, 5) is 0.